The number of fused-ring (bicyclic) bond motifs is 1. The van der Waals surface area contributed by atoms with Gasteiger partial charge in [0.05, 0.1) is 18.7 Å². The van der Waals surface area contributed by atoms with Crippen LogP contribution in [0, 0.1) is 17.8 Å². The lowest BCUT2D eigenvalue weighted by atomic mass is 9.98. The number of aliphatic hydroxyl groups excluding tert-OH is 1. The number of phenols is 1. The molecule has 0 fully saturated rings. The van der Waals surface area contributed by atoms with Gasteiger partial charge in [0.2, 0.25) is 65.0 Å². The van der Waals surface area contributed by atoms with Gasteiger partial charge in [-0.3, -0.25) is 57.7 Å². The quantitative estimate of drug-likeness (QED) is 0.0144. The van der Waals surface area contributed by atoms with Gasteiger partial charge in [0.25, 0.3) is 0 Å². The minimum atomic E-state index is -1.71. The molecular formula is C71H107N17O15. The summed E-state index contributed by atoms with van der Waals surface area (Å²) in [6.45, 7) is 14.3. The van der Waals surface area contributed by atoms with Crippen molar-refractivity contribution in [3.05, 3.63) is 102 Å². The standard InChI is InChI=1S/C71H107N17O15/c1-38(2)30-53(83-60(92)41(7)79-58(91)37-78-63(95)51(23-17-29-76-71(74)75)81-62(94)49(73)35-46-36-77-50-21-14-13-20-48(46)50)66(98)82-52(22-15-16-28-72)64(96)84-54(31-39(3)4)67(99)85-55(32-40(5)6)68(100)87-57(33-44-18-11-10-12-19-44)69(101)86-56(34-45-24-26-47(90)27-25-45)65(97)80-42(8)61(93)88-59(43(9)89)70(102)103/h10-14,18-21,24-27,36,38-43,49,51-57,59,77,89-90H,15-17,22-23,28-35,37,72-73H2,1-9H3,(H,78,95)(H,79,91)(H,80,97)(H,81,94)(H,82,98)(H,83,92)(H,84,96)(H,85,99)(H,86,101)(H,87,100)(H,88,93)(H,102,103)(H4,74,75,76)/t41-,42-,43-,49-,51-,52-,53-,54-,55-,56-,57-,59-/m1/s1. The van der Waals surface area contributed by atoms with Crippen LogP contribution in [0.2, 0.25) is 0 Å². The molecule has 0 saturated carbocycles. The fraction of sp³-hybridized carbons (Fsp3) is 0.535. The van der Waals surface area contributed by atoms with Gasteiger partial charge in [0.1, 0.15) is 60.1 Å². The van der Waals surface area contributed by atoms with Crippen LogP contribution >= 0.6 is 0 Å². The van der Waals surface area contributed by atoms with E-state index in [1.807, 2.05) is 24.3 Å². The second-order valence-corrected chi connectivity index (χ2v) is 27.1. The van der Waals surface area contributed by atoms with Gasteiger partial charge in [0, 0.05) is 36.5 Å². The molecule has 4 rings (SSSR count). The average Bonchev–Trinajstić information content (AvgIpc) is 1.74. The first-order valence-electron chi connectivity index (χ1n) is 34.8. The van der Waals surface area contributed by atoms with E-state index in [1.165, 1.54) is 38.1 Å². The Balaban J connectivity index is 1.50. The summed E-state index contributed by atoms with van der Waals surface area (Å²) in [5, 5.41) is 59.2. The molecule has 1 heterocycles. The third-order valence-corrected chi connectivity index (χ3v) is 16.5. The highest BCUT2D eigenvalue weighted by atomic mass is 16.4. The second-order valence-electron chi connectivity index (χ2n) is 27.1. The highest BCUT2D eigenvalue weighted by molar-refractivity contribution is 5.99. The number of aliphatic carboxylic acids is 1. The fourth-order valence-electron chi connectivity index (χ4n) is 11.0. The highest BCUT2D eigenvalue weighted by Crippen LogP contribution is 2.20. The first kappa shape index (κ1) is 85.2. The van der Waals surface area contributed by atoms with E-state index in [-0.39, 0.29) is 100 Å². The number of phenolic OH excluding ortho intramolecular Hbond substituents is 1. The zero-order valence-electron chi connectivity index (χ0n) is 60.1. The zero-order valence-corrected chi connectivity index (χ0v) is 60.1. The number of nitrogens with zero attached hydrogens (tertiary/aromatic N) is 1. The maximum Gasteiger partial charge on any atom is 0.328 e. The Morgan fingerprint density at radius 1 is 0.476 bits per heavy atom. The van der Waals surface area contributed by atoms with Gasteiger partial charge in [-0.15, -0.1) is 0 Å². The van der Waals surface area contributed by atoms with Crippen molar-refractivity contribution in [2.75, 3.05) is 19.6 Å². The smallest absolute Gasteiger partial charge is 0.328 e. The van der Waals surface area contributed by atoms with Crippen molar-refractivity contribution < 1.29 is 72.9 Å². The van der Waals surface area contributed by atoms with E-state index in [2.05, 4.69) is 68.5 Å². The van der Waals surface area contributed by atoms with Gasteiger partial charge in [-0.25, -0.2) is 4.79 Å². The number of aromatic nitrogens is 1. The molecule has 0 saturated heterocycles. The van der Waals surface area contributed by atoms with Gasteiger partial charge in [-0.2, -0.15) is 0 Å². The Kier molecular flexibility index (Phi) is 35.5. The summed E-state index contributed by atoms with van der Waals surface area (Å²) in [7, 11) is 0. The summed E-state index contributed by atoms with van der Waals surface area (Å²) in [5.41, 5.74) is 25.8. The third-order valence-electron chi connectivity index (χ3n) is 16.5. The number of hydrogen-bond acceptors (Lipinski definition) is 17. The monoisotopic (exact) mass is 1440 g/mol. The molecule has 103 heavy (non-hydrogen) atoms. The molecule has 1 aromatic heterocycles. The van der Waals surface area contributed by atoms with Gasteiger partial charge in [0.15, 0.2) is 12.0 Å². The Morgan fingerprint density at radius 2 is 0.913 bits per heavy atom. The van der Waals surface area contributed by atoms with Crippen LogP contribution in [-0.4, -0.2) is 189 Å². The van der Waals surface area contributed by atoms with Crippen molar-refractivity contribution in [3.63, 3.8) is 0 Å². The van der Waals surface area contributed by atoms with Crippen LogP contribution in [0.1, 0.15) is 130 Å². The van der Waals surface area contributed by atoms with Crippen LogP contribution in [0.15, 0.2) is 90.1 Å². The number of unbranched alkanes of at least 4 members (excludes halogenated alkanes) is 1. The Morgan fingerprint density at radius 3 is 1.44 bits per heavy atom. The number of carboxylic acid groups (broad SMARTS) is 1. The minimum Gasteiger partial charge on any atom is -0.508 e. The summed E-state index contributed by atoms with van der Waals surface area (Å²) in [5.74, 6) is -11.3. The molecule has 0 spiro atoms. The van der Waals surface area contributed by atoms with E-state index < -0.39 is 150 Å². The number of aliphatic imine (C=N–C) groups is 1. The average molecular weight is 1440 g/mol. The van der Waals surface area contributed by atoms with Crippen LogP contribution < -0.4 is 81.4 Å². The summed E-state index contributed by atoms with van der Waals surface area (Å²) >= 11 is 0. The molecule has 566 valence electrons. The molecule has 32 nitrogen and oxygen atoms in total. The third kappa shape index (κ3) is 30.1. The highest BCUT2D eigenvalue weighted by Gasteiger charge is 2.37. The minimum absolute atomic E-state index is 0.0261. The number of para-hydroxylation sites is 1. The number of aromatic amines is 1. The van der Waals surface area contributed by atoms with Gasteiger partial charge in [-0.1, -0.05) is 102 Å². The number of amides is 11. The van der Waals surface area contributed by atoms with Crippen LogP contribution in [0.25, 0.3) is 10.9 Å². The molecule has 23 N–H and O–H groups in total. The molecule has 4 aromatic rings. The van der Waals surface area contributed by atoms with Crippen molar-refractivity contribution in [1.29, 1.82) is 0 Å². The molecule has 0 radical (unpaired) electrons. The van der Waals surface area contributed by atoms with E-state index in [4.69, 9.17) is 22.9 Å². The zero-order chi connectivity index (χ0) is 76.6. The number of benzene rings is 3. The molecule has 0 aliphatic rings. The normalized spacial score (nSPS) is 14.8. The maximum atomic E-state index is 14.7. The van der Waals surface area contributed by atoms with Gasteiger partial charge >= 0.3 is 5.97 Å². The van der Waals surface area contributed by atoms with Gasteiger partial charge in [-0.05, 0) is 138 Å². The summed E-state index contributed by atoms with van der Waals surface area (Å²) in [6.07, 6.45) is 1.33. The summed E-state index contributed by atoms with van der Waals surface area (Å²) < 4.78 is 0. The van der Waals surface area contributed by atoms with Gasteiger partial charge < -0.3 is 102 Å². The molecule has 11 amide bonds. The molecule has 0 aliphatic heterocycles. The number of nitrogens with one attached hydrogen (secondary N) is 12. The number of aliphatic hydroxyl groups is 1. The number of nitrogens with two attached hydrogens (primary N) is 4. The molecule has 0 unspecified atom stereocenters. The van der Waals surface area contributed by atoms with E-state index >= 15 is 0 Å². The number of guanidine groups is 1. The molecular weight excluding hydrogens is 1330 g/mol. The predicted octanol–water partition coefficient (Wildman–Crippen LogP) is -0.981. The lowest BCUT2D eigenvalue weighted by Crippen LogP contribution is -2.61. The summed E-state index contributed by atoms with van der Waals surface area (Å²) in [6, 6.07) is 7.09. The van der Waals surface area contributed by atoms with E-state index in [1.54, 1.807) is 78.1 Å². The molecule has 0 bridgehead atoms. The Hall–Kier alpha value is -10.2. The number of aromatic hydroxyl groups is 1. The molecule has 0 aliphatic carbocycles. The number of carbonyl (C=O) groups is 12. The van der Waals surface area contributed by atoms with E-state index in [9.17, 15) is 72.9 Å². The molecule has 32 heteroatoms. The van der Waals surface area contributed by atoms with Crippen molar-refractivity contribution in [1.82, 2.24) is 63.5 Å². The second kappa shape index (κ2) is 42.9. The fourth-order valence-corrected chi connectivity index (χ4v) is 11.0. The first-order valence-corrected chi connectivity index (χ1v) is 34.8. The van der Waals surface area contributed by atoms with Crippen molar-refractivity contribution in [2.24, 2.45) is 45.7 Å². The number of carboxylic acids is 1. The topological polar surface area (TPSA) is 530 Å². The van der Waals surface area contributed by atoms with E-state index in [0.717, 1.165) is 23.4 Å². The van der Waals surface area contributed by atoms with Crippen molar-refractivity contribution >= 4 is 87.8 Å². The number of hydrogen-bond donors (Lipinski definition) is 19. The lowest BCUT2D eigenvalue weighted by Gasteiger charge is -2.29. The summed E-state index contributed by atoms with van der Waals surface area (Å²) in [4.78, 5) is 173. The lowest BCUT2D eigenvalue weighted by molar-refractivity contribution is -0.145. The van der Waals surface area contributed by atoms with Crippen LogP contribution in [-0.2, 0) is 76.8 Å². The van der Waals surface area contributed by atoms with Crippen LogP contribution in [0.4, 0.5) is 0 Å². The molecule has 12 atom stereocenters. The maximum absolute atomic E-state index is 14.7. The van der Waals surface area contributed by atoms with E-state index in [0.29, 0.717) is 24.0 Å². The molecule has 3 aromatic carbocycles. The Bertz CT molecular complexity index is 3510. The van der Waals surface area contributed by atoms with Crippen LogP contribution in [0.5, 0.6) is 5.75 Å². The SMILES string of the molecule is CC(C)C[C@@H](NC(=O)[C@@H](C)NC(=O)CNC(=O)[C@@H](CCCN=C(N)N)NC(=O)[C@H](N)Cc1c[nH]c2ccccc12)C(=O)N[C@H](CCCCN)C(=O)N[C@H](CC(C)C)C(=O)N[C@H](CC(C)C)C(=O)N[C@H](Cc1ccccc1)C(=O)N[C@H](Cc1ccc(O)cc1)C(=O)N[C@H](C)C(=O)N[C@@H](C(=O)O)[C@@H](C)O. The van der Waals surface area contributed by atoms with Crippen molar-refractivity contribution in [2.45, 2.75) is 206 Å². The number of rotatable bonds is 44. The number of carbonyl (C=O) groups excluding carboxylic acids is 11. The van der Waals surface area contributed by atoms with Crippen molar-refractivity contribution in [3.8, 4) is 5.75 Å². The Labute approximate surface area is 600 Å². The number of H-pyrrole nitrogens is 1. The largest absolute Gasteiger partial charge is 0.508 e. The predicted molar refractivity (Wildman–Crippen MR) is 386 cm³/mol. The first-order chi connectivity index (χ1) is 48.6. The van der Waals surface area contributed by atoms with Crippen LogP contribution in [0.3, 0.4) is 0 Å².